The van der Waals surface area contributed by atoms with Crippen LogP contribution in [0, 0.1) is 0 Å². The number of ether oxygens (including phenoxy) is 2. The van der Waals surface area contributed by atoms with Gasteiger partial charge in [0.25, 0.3) is 5.91 Å². The zero-order valence-electron chi connectivity index (χ0n) is 10.5. The monoisotopic (exact) mass is 278 g/mol. The van der Waals surface area contributed by atoms with Crippen molar-refractivity contribution in [3.63, 3.8) is 0 Å². The highest BCUT2D eigenvalue weighted by Gasteiger charge is 2.05. The number of thiazole rings is 1. The lowest BCUT2D eigenvalue weighted by Gasteiger charge is -2.07. The van der Waals surface area contributed by atoms with Gasteiger partial charge >= 0.3 is 0 Å². The van der Waals surface area contributed by atoms with Gasteiger partial charge in [0.15, 0.2) is 0 Å². The van der Waals surface area contributed by atoms with E-state index in [0.29, 0.717) is 18.8 Å². The average molecular weight is 278 g/mol. The molecule has 0 bridgehead atoms. The van der Waals surface area contributed by atoms with Crippen molar-refractivity contribution in [1.82, 2.24) is 10.3 Å². The van der Waals surface area contributed by atoms with Gasteiger partial charge in [-0.3, -0.25) is 4.79 Å². The molecule has 0 aliphatic heterocycles. The minimum absolute atomic E-state index is 0.181. The molecule has 0 atom stereocenters. The Morgan fingerprint density at radius 2 is 2.05 bits per heavy atom. The molecule has 0 unspecified atom stereocenters. The Labute approximate surface area is 115 Å². The molecular weight excluding hydrogens is 264 g/mol. The highest BCUT2D eigenvalue weighted by Crippen LogP contribution is 2.16. The number of nitrogens with zero attached hydrogens (tertiary/aromatic N) is 1. The summed E-state index contributed by atoms with van der Waals surface area (Å²) >= 11 is 1.39. The first-order valence-corrected chi connectivity index (χ1v) is 6.67. The van der Waals surface area contributed by atoms with E-state index < -0.39 is 0 Å². The number of rotatable bonds is 6. The van der Waals surface area contributed by atoms with E-state index in [1.165, 1.54) is 11.3 Å². The predicted molar refractivity (Wildman–Crippen MR) is 72.9 cm³/mol. The highest BCUT2D eigenvalue weighted by molar-refractivity contribution is 7.07. The smallest absolute Gasteiger partial charge is 0.270 e. The van der Waals surface area contributed by atoms with Crippen molar-refractivity contribution in [2.75, 3.05) is 20.3 Å². The van der Waals surface area contributed by atoms with Crippen LogP contribution in [0.15, 0.2) is 35.2 Å². The molecule has 1 N–H and O–H groups in total. The first kappa shape index (κ1) is 13.4. The number of carbonyl (C=O) groups is 1. The molecule has 0 radical (unpaired) electrons. The predicted octanol–water partition coefficient (Wildman–Crippen LogP) is 1.96. The van der Waals surface area contributed by atoms with Crippen LogP contribution in [0.2, 0.25) is 0 Å². The van der Waals surface area contributed by atoms with Crippen LogP contribution in [-0.2, 0) is 0 Å². The summed E-state index contributed by atoms with van der Waals surface area (Å²) in [7, 11) is 1.61. The van der Waals surface area contributed by atoms with Crippen molar-refractivity contribution in [1.29, 1.82) is 0 Å². The topological polar surface area (TPSA) is 60.5 Å². The van der Waals surface area contributed by atoms with Gasteiger partial charge in [0.2, 0.25) is 0 Å². The summed E-state index contributed by atoms with van der Waals surface area (Å²) in [4.78, 5) is 15.5. The number of hydrogen-bond acceptors (Lipinski definition) is 5. The normalized spacial score (nSPS) is 9.95. The fourth-order valence-electron chi connectivity index (χ4n) is 1.42. The van der Waals surface area contributed by atoms with Crippen molar-refractivity contribution in [2.24, 2.45) is 0 Å². The van der Waals surface area contributed by atoms with Gasteiger partial charge in [-0.2, -0.15) is 0 Å². The van der Waals surface area contributed by atoms with E-state index in [1.54, 1.807) is 18.0 Å². The lowest BCUT2D eigenvalue weighted by molar-refractivity contribution is 0.0942. The molecule has 0 spiro atoms. The minimum Gasteiger partial charge on any atom is -0.497 e. The van der Waals surface area contributed by atoms with Crippen LogP contribution in [0.5, 0.6) is 11.5 Å². The van der Waals surface area contributed by atoms with Crippen molar-refractivity contribution >= 4 is 17.2 Å². The van der Waals surface area contributed by atoms with E-state index in [9.17, 15) is 4.79 Å². The van der Waals surface area contributed by atoms with Crippen LogP contribution in [-0.4, -0.2) is 31.2 Å². The molecule has 1 aromatic carbocycles. The first-order chi connectivity index (χ1) is 9.29. The van der Waals surface area contributed by atoms with Crippen molar-refractivity contribution in [3.05, 3.63) is 40.8 Å². The minimum atomic E-state index is -0.181. The standard InChI is InChI=1S/C13H14N2O3S/c1-17-10-2-4-11(5-3-10)18-7-6-14-13(16)12-8-19-9-15-12/h2-5,8-9H,6-7H2,1H3,(H,14,16). The molecule has 5 nitrogen and oxygen atoms in total. The summed E-state index contributed by atoms with van der Waals surface area (Å²) in [5, 5.41) is 4.44. The Balaban J connectivity index is 1.70. The summed E-state index contributed by atoms with van der Waals surface area (Å²) in [6, 6.07) is 7.29. The molecule has 0 aliphatic rings. The third-order valence-electron chi connectivity index (χ3n) is 2.38. The maximum absolute atomic E-state index is 11.6. The van der Waals surface area contributed by atoms with E-state index in [-0.39, 0.29) is 5.91 Å². The molecule has 100 valence electrons. The van der Waals surface area contributed by atoms with Gasteiger partial charge in [0, 0.05) is 5.38 Å². The summed E-state index contributed by atoms with van der Waals surface area (Å²) in [5.74, 6) is 1.34. The Morgan fingerprint density at radius 3 is 2.68 bits per heavy atom. The van der Waals surface area contributed by atoms with Gasteiger partial charge in [-0.05, 0) is 24.3 Å². The molecule has 1 aromatic heterocycles. The highest BCUT2D eigenvalue weighted by atomic mass is 32.1. The fourth-order valence-corrected chi connectivity index (χ4v) is 1.95. The maximum Gasteiger partial charge on any atom is 0.270 e. The number of nitrogens with one attached hydrogen (secondary N) is 1. The quantitative estimate of drug-likeness (QED) is 0.821. The summed E-state index contributed by atoms with van der Waals surface area (Å²) in [5.41, 5.74) is 2.07. The summed E-state index contributed by atoms with van der Waals surface area (Å²) < 4.78 is 10.5. The van der Waals surface area contributed by atoms with Gasteiger partial charge in [0.1, 0.15) is 23.8 Å². The van der Waals surface area contributed by atoms with E-state index in [2.05, 4.69) is 10.3 Å². The lowest BCUT2D eigenvalue weighted by atomic mass is 10.3. The zero-order chi connectivity index (χ0) is 13.5. The third kappa shape index (κ3) is 3.96. The van der Waals surface area contributed by atoms with E-state index in [0.717, 1.165) is 11.5 Å². The van der Waals surface area contributed by atoms with Gasteiger partial charge in [-0.25, -0.2) is 4.98 Å². The summed E-state index contributed by atoms with van der Waals surface area (Å²) in [6.07, 6.45) is 0. The van der Waals surface area contributed by atoms with Crippen molar-refractivity contribution in [3.8, 4) is 11.5 Å². The van der Waals surface area contributed by atoms with Crippen LogP contribution in [0.4, 0.5) is 0 Å². The van der Waals surface area contributed by atoms with Crippen LogP contribution in [0.25, 0.3) is 0 Å². The van der Waals surface area contributed by atoms with E-state index in [1.807, 2.05) is 24.3 Å². The van der Waals surface area contributed by atoms with Gasteiger partial charge in [0.05, 0.1) is 19.2 Å². The van der Waals surface area contributed by atoms with Gasteiger partial charge in [-0.1, -0.05) is 0 Å². The lowest BCUT2D eigenvalue weighted by Crippen LogP contribution is -2.28. The average Bonchev–Trinajstić information content (AvgIpc) is 2.98. The molecular formula is C13H14N2O3S. The molecule has 1 heterocycles. The Kier molecular flexibility index (Phi) is 4.74. The number of carbonyl (C=O) groups excluding carboxylic acids is 1. The molecule has 2 aromatic rings. The molecule has 1 amide bonds. The molecule has 2 rings (SSSR count). The first-order valence-electron chi connectivity index (χ1n) is 5.73. The van der Waals surface area contributed by atoms with Crippen LogP contribution in [0.3, 0.4) is 0 Å². The van der Waals surface area contributed by atoms with Crippen molar-refractivity contribution < 1.29 is 14.3 Å². The number of methoxy groups -OCH3 is 1. The van der Waals surface area contributed by atoms with Crippen LogP contribution in [0.1, 0.15) is 10.5 Å². The van der Waals surface area contributed by atoms with Crippen LogP contribution >= 0.6 is 11.3 Å². The van der Waals surface area contributed by atoms with E-state index in [4.69, 9.17) is 9.47 Å². The molecule has 0 saturated heterocycles. The molecule has 6 heteroatoms. The largest absolute Gasteiger partial charge is 0.497 e. The number of amides is 1. The Morgan fingerprint density at radius 1 is 1.32 bits per heavy atom. The van der Waals surface area contributed by atoms with Crippen LogP contribution < -0.4 is 14.8 Å². The molecule has 19 heavy (non-hydrogen) atoms. The number of benzene rings is 1. The SMILES string of the molecule is COc1ccc(OCCNC(=O)c2cscn2)cc1. The third-order valence-corrected chi connectivity index (χ3v) is 2.97. The molecule has 0 fully saturated rings. The molecule has 0 saturated carbocycles. The van der Waals surface area contributed by atoms with Gasteiger partial charge in [-0.15, -0.1) is 11.3 Å². The number of hydrogen-bond donors (Lipinski definition) is 1. The second-order valence-electron chi connectivity index (χ2n) is 3.65. The fraction of sp³-hybridized carbons (Fsp3) is 0.231. The Bertz CT molecular complexity index is 511. The maximum atomic E-state index is 11.6. The van der Waals surface area contributed by atoms with Gasteiger partial charge < -0.3 is 14.8 Å². The molecule has 0 aliphatic carbocycles. The van der Waals surface area contributed by atoms with E-state index >= 15 is 0 Å². The zero-order valence-corrected chi connectivity index (χ0v) is 11.3. The Hall–Kier alpha value is -2.08. The van der Waals surface area contributed by atoms with Crippen molar-refractivity contribution in [2.45, 2.75) is 0 Å². The second-order valence-corrected chi connectivity index (χ2v) is 4.37. The number of aromatic nitrogens is 1. The summed E-state index contributed by atoms with van der Waals surface area (Å²) in [6.45, 7) is 0.838. The second kappa shape index (κ2) is 6.75.